The summed E-state index contributed by atoms with van der Waals surface area (Å²) in [5.41, 5.74) is 22.4. The quantitative estimate of drug-likeness (QED) is 0.0881. The van der Waals surface area contributed by atoms with Crippen LogP contribution in [-0.2, 0) is 24.7 Å². The highest BCUT2D eigenvalue weighted by molar-refractivity contribution is 5.87. The van der Waals surface area contributed by atoms with Gasteiger partial charge in [-0.3, -0.25) is 0 Å². The van der Waals surface area contributed by atoms with Gasteiger partial charge in [0.2, 0.25) is 0 Å². The molecule has 0 radical (unpaired) electrons. The second-order valence-electron chi connectivity index (χ2n) is 18.8. The van der Waals surface area contributed by atoms with E-state index in [9.17, 15) is 0 Å². The van der Waals surface area contributed by atoms with Crippen LogP contribution >= 0.6 is 0 Å². The van der Waals surface area contributed by atoms with Crippen molar-refractivity contribution in [2.24, 2.45) is 0 Å². The summed E-state index contributed by atoms with van der Waals surface area (Å²) in [7, 11) is 0. The highest BCUT2D eigenvalue weighted by Gasteiger charge is 2.45. The van der Waals surface area contributed by atoms with E-state index in [4.69, 9.17) is 0 Å². The predicted molar refractivity (Wildman–Crippen MR) is 291 cm³/mol. The van der Waals surface area contributed by atoms with Gasteiger partial charge in [0.25, 0.3) is 0 Å². The molecule has 0 bridgehead atoms. The van der Waals surface area contributed by atoms with Crippen LogP contribution in [0.5, 0.6) is 0 Å². The first-order chi connectivity index (χ1) is 33.6. The number of hydrogen-bond acceptors (Lipinski definition) is 1. The second-order valence-corrected chi connectivity index (χ2v) is 18.8. The third-order valence-electron chi connectivity index (χ3n) is 14.4. The summed E-state index contributed by atoms with van der Waals surface area (Å²) in [5, 5.41) is 0. The summed E-state index contributed by atoms with van der Waals surface area (Å²) < 4.78 is 0. The standard InChI is InChI=1S/C67H63N/c1-4-7-14-49-21-27-52(28-22-49)54-31-39-58(40-32-54)67(65-19-12-10-17-63(65)64-18-11-13-20-66(64)67)59-41-33-55(34-42-59)57-37-47-62(48-38-57)68(60-43-25-51(26-44-60)16-9-6-3)61-45-35-56(36-46-61)53-29-23-50(24-30-53)15-8-5-2/h10-13,17-48H,4-9,14-16H2,1-3H3. The molecule has 0 spiro atoms. The fourth-order valence-electron chi connectivity index (χ4n) is 10.6. The number of anilines is 3. The molecule has 0 amide bonds. The average Bonchev–Trinajstić information content (AvgIpc) is 3.71. The van der Waals surface area contributed by atoms with E-state index in [1.165, 1.54) is 122 Å². The minimum absolute atomic E-state index is 0.460. The van der Waals surface area contributed by atoms with Crippen molar-refractivity contribution in [1.82, 2.24) is 0 Å². The van der Waals surface area contributed by atoms with Crippen LogP contribution in [0.15, 0.2) is 218 Å². The number of nitrogens with zero attached hydrogens (tertiary/aromatic N) is 1. The molecule has 0 aliphatic heterocycles. The minimum Gasteiger partial charge on any atom is -0.311 e. The van der Waals surface area contributed by atoms with Gasteiger partial charge in [-0.25, -0.2) is 0 Å². The van der Waals surface area contributed by atoms with E-state index in [0.29, 0.717) is 0 Å². The van der Waals surface area contributed by atoms with Crippen LogP contribution in [0.4, 0.5) is 17.1 Å². The van der Waals surface area contributed by atoms with Crippen molar-refractivity contribution < 1.29 is 0 Å². The van der Waals surface area contributed by atoms with Crippen molar-refractivity contribution in [2.75, 3.05) is 4.90 Å². The van der Waals surface area contributed by atoms with E-state index in [2.05, 4.69) is 244 Å². The first-order valence-corrected chi connectivity index (χ1v) is 25.3. The zero-order valence-corrected chi connectivity index (χ0v) is 40.1. The maximum Gasteiger partial charge on any atom is 0.0713 e. The third-order valence-corrected chi connectivity index (χ3v) is 14.4. The lowest BCUT2D eigenvalue weighted by molar-refractivity contribution is 0.769. The van der Waals surface area contributed by atoms with Gasteiger partial charge in [0.1, 0.15) is 0 Å². The van der Waals surface area contributed by atoms with E-state index >= 15 is 0 Å². The van der Waals surface area contributed by atoms with Crippen molar-refractivity contribution in [2.45, 2.75) is 84.0 Å². The smallest absolute Gasteiger partial charge is 0.0713 e. The average molecular weight is 882 g/mol. The van der Waals surface area contributed by atoms with Crippen LogP contribution in [-0.4, -0.2) is 0 Å². The molecule has 1 aliphatic rings. The Morgan fingerprint density at radius 2 is 0.559 bits per heavy atom. The normalized spacial score (nSPS) is 12.4. The van der Waals surface area contributed by atoms with Gasteiger partial charge in [0, 0.05) is 17.1 Å². The van der Waals surface area contributed by atoms with Gasteiger partial charge in [-0.05, 0) is 158 Å². The molecule has 0 atom stereocenters. The van der Waals surface area contributed by atoms with Gasteiger partial charge in [-0.2, -0.15) is 0 Å². The molecule has 0 saturated heterocycles. The number of benzene rings is 9. The lowest BCUT2D eigenvalue weighted by Gasteiger charge is -2.34. The topological polar surface area (TPSA) is 3.24 Å². The van der Waals surface area contributed by atoms with E-state index in [-0.39, 0.29) is 0 Å². The van der Waals surface area contributed by atoms with Crippen molar-refractivity contribution in [3.05, 3.63) is 257 Å². The highest BCUT2D eigenvalue weighted by Crippen LogP contribution is 2.56. The fraction of sp³-hybridized carbons (Fsp3) is 0.194. The Hall–Kier alpha value is -7.22. The molecular formula is C67H63N. The van der Waals surface area contributed by atoms with E-state index in [1.54, 1.807) is 0 Å². The number of rotatable bonds is 17. The molecule has 0 heterocycles. The Morgan fingerprint density at radius 3 is 0.882 bits per heavy atom. The van der Waals surface area contributed by atoms with Crippen molar-refractivity contribution in [1.29, 1.82) is 0 Å². The zero-order valence-electron chi connectivity index (χ0n) is 40.1. The molecule has 1 heteroatoms. The first-order valence-electron chi connectivity index (χ1n) is 25.3. The molecule has 10 rings (SSSR count). The number of fused-ring (bicyclic) bond motifs is 3. The molecule has 1 aliphatic carbocycles. The summed E-state index contributed by atoms with van der Waals surface area (Å²) in [4.78, 5) is 2.39. The maximum atomic E-state index is 2.39. The Kier molecular flexibility index (Phi) is 13.3. The lowest BCUT2D eigenvalue weighted by Crippen LogP contribution is -2.28. The second kappa shape index (κ2) is 20.3. The predicted octanol–water partition coefficient (Wildman–Crippen LogP) is 18.5. The van der Waals surface area contributed by atoms with Crippen LogP contribution in [0.3, 0.4) is 0 Å². The summed E-state index contributed by atoms with van der Waals surface area (Å²) in [6.45, 7) is 6.78. The molecule has 9 aromatic carbocycles. The molecule has 336 valence electrons. The molecular weight excluding hydrogens is 819 g/mol. The summed E-state index contributed by atoms with van der Waals surface area (Å²) in [5.74, 6) is 0. The van der Waals surface area contributed by atoms with Crippen molar-refractivity contribution in [3.63, 3.8) is 0 Å². The fourth-order valence-corrected chi connectivity index (χ4v) is 10.6. The molecule has 9 aromatic rings. The van der Waals surface area contributed by atoms with E-state index in [1.807, 2.05) is 0 Å². The molecule has 0 aromatic heterocycles. The minimum atomic E-state index is -0.460. The monoisotopic (exact) mass is 881 g/mol. The van der Waals surface area contributed by atoms with Gasteiger partial charge >= 0.3 is 0 Å². The Balaban J connectivity index is 0.974. The van der Waals surface area contributed by atoms with Crippen molar-refractivity contribution >= 4 is 17.1 Å². The third kappa shape index (κ3) is 8.87. The Labute approximate surface area is 405 Å². The molecule has 0 saturated carbocycles. The SMILES string of the molecule is CCCCc1ccc(-c2ccc(N(c3ccc(CCCC)cc3)c3ccc(-c4ccc(C5(c6ccc(-c7ccc(CCCC)cc7)cc6)c6ccccc6-c6ccccc65)cc4)cc3)cc2)cc1. The van der Waals surface area contributed by atoms with Gasteiger partial charge in [0.15, 0.2) is 0 Å². The molecule has 0 fully saturated rings. The number of aryl methyl sites for hydroxylation is 3. The van der Waals surface area contributed by atoms with Crippen LogP contribution in [0, 0.1) is 0 Å². The largest absolute Gasteiger partial charge is 0.311 e. The van der Waals surface area contributed by atoms with Gasteiger partial charge in [-0.1, -0.05) is 222 Å². The number of unbranched alkanes of at least 4 members (excludes halogenated alkanes) is 3. The first kappa shape index (κ1) is 44.6. The zero-order chi connectivity index (χ0) is 46.3. The van der Waals surface area contributed by atoms with E-state index < -0.39 is 5.41 Å². The van der Waals surface area contributed by atoms with Crippen LogP contribution in [0.1, 0.15) is 98.2 Å². The highest BCUT2D eigenvalue weighted by atomic mass is 15.1. The molecule has 1 nitrogen and oxygen atoms in total. The van der Waals surface area contributed by atoms with Crippen LogP contribution in [0.2, 0.25) is 0 Å². The van der Waals surface area contributed by atoms with Crippen molar-refractivity contribution in [3.8, 4) is 44.5 Å². The maximum absolute atomic E-state index is 2.39. The van der Waals surface area contributed by atoms with Gasteiger partial charge < -0.3 is 4.90 Å². The summed E-state index contributed by atoms with van der Waals surface area (Å²) >= 11 is 0. The van der Waals surface area contributed by atoms with Gasteiger partial charge in [-0.15, -0.1) is 0 Å². The lowest BCUT2D eigenvalue weighted by atomic mass is 9.67. The molecule has 0 unspecified atom stereocenters. The van der Waals surface area contributed by atoms with E-state index in [0.717, 1.165) is 36.3 Å². The Bertz CT molecular complexity index is 3000. The molecule has 68 heavy (non-hydrogen) atoms. The number of hydrogen-bond donors (Lipinski definition) is 0. The van der Waals surface area contributed by atoms with Gasteiger partial charge in [0.05, 0.1) is 5.41 Å². The van der Waals surface area contributed by atoms with Crippen LogP contribution in [0.25, 0.3) is 44.5 Å². The Morgan fingerprint density at radius 1 is 0.294 bits per heavy atom. The summed E-state index contributed by atoms with van der Waals surface area (Å²) in [6.07, 6.45) is 10.7. The molecule has 0 N–H and O–H groups in total. The summed E-state index contributed by atoms with van der Waals surface area (Å²) in [6, 6.07) is 82.5. The van der Waals surface area contributed by atoms with Crippen LogP contribution < -0.4 is 4.90 Å².